The van der Waals surface area contributed by atoms with E-state index in [-0.39, 0.29) is 11.2 Å². The summed E-state index contributed by atoms with van der Waals surface area (Å²) in [7, 11) is 0. The van der Waals surface area contributed by atoms with Crippen molar-refractivity contribution in [2.75, 3.05) is 0 Å². The van der Waals surface area contributed by atoms with Gasteiger partial charge in [0.25, 0.3) is 0 Å². The molecule has 1 aliphatic carbocycles. The van der Waals surface area contributed by atoms with Gasteiger partial charge in [-0.05, 0) is 26.8 Å². The highest BCUT2D eigenvalue weighted by atomic mass is 16.1. The Hall–Kier alpha value is -0.850. The van der Waals surface area contributed by atoms with E-state index < -0.39 is 0 Å². The molecule has 0 saturated heterocycles. The summed E-state index contributed by atoms with van der Waals surface area (Å²) in [6, 6.07) is 0. The van der Waals surface area contributed by atoms with Gasteiger partial charge in [0, 0.05) is 5.41 Å². The second-order valence-electron chi connectivity index (χ2n) is 3.31. The number of carbonyl (C=O) groups excluding carboxylic acids is 1. The van der Waals surface area contributed by atoms with Gasteiger partial charge in [0.15, 0.2) is 5.78 Å². The summed E-state index contributed by atoms with van der Waals surface area (Å²) in [6.07, 6.45) is 5.50. The van der Waals surface area contributed by atoms with Gasteiger partial charge in [0.05, 0.1) is 0 Å². The molecule has 0 aromatic rings. The van der Waals surface area contributed by atoms with E-state index in [4.69, 9.17) is 0 Å². The van der Waals surface area contributed by atoms with Crippen LogP contribution in [-0.2, 0) is 4.79 Å². The molecule has 0 spiro atoms. The molecule has 1 nitrogen and oxygen atoms in total. The lowest BCUT2D eigenvalue weighted by molar-refractivity contribution is -0.120. The average molecular weight is 136 g/mol. The van der Waals surface area contributed by atoms with Gasteiger partial charge >= 0.3 is 0 Å². The first kappa shape index (κ1) is 7.26. The van der Waals surface area contributed by atoms with Crippen molar-refractivity contribution >= 4 is 5.78 Å². The van der Waals surface area contributed by atoms with Crippen molar-refractivity contribution in [3.8, 4) is 0 Å². The molecule has 0 bridgehead atoms. The van der Waals surface area contributed by atoms with Crippen molar-refractivity contribution in [3.63, 3.8) is 0 Å². The Kier molecular flexibility index (Phi) is 1.51. The third-order valence-electron chi connectivity index (χ3n) is 1.72. The molecule has 0 fully saturated rings. The summed E-state index contributed by atoms with van der Waals surface area (Å²) in [6.45, 7) is 5.87. The van der Waals surface area contributed by atoms with Crippen molar-refractivity contribution in [1.29, 1.82) is 0 Å². The van der Waals surface area contributed by atoms with E-state index in [1.54, 1.807) is 6.08 Å². The summed E-state index contributed by atoms with van der Waals surface area (Å²) in [4.78, 5) is 11.1. The largest absolute Gasteiger partial charge is 0.294 e. The van der Waals surface area contributed by atoms with Crippen LogP contribution in [0.25, 0.3) is 0 Å². The predicted molar refractivity (Wildman–Crippen MR) is 41.7 cm³/mol. The summed E-state index contributed by atoms with van der Waals surface area (Å²) >= 11 is 0. The molecule has 0 atom stereocenters. The topological polar surface area (TPSA) is 17.1 Å². The van der Waals surface area contributed by atoms with E-state index in [1.165, 1.54) is 5.57 Å². The molecule has 0 N–H and O–H groups in total. The maximum atomic E-state index is 11.1. The highest BCUT2D eigenvalue weighted by molar-refractivity contribution is 5.97. The molecular weight excluding hydrogens is 124 g/mol. The zero-order valence-electron chi connectivity index (χ0n) is 6.64. The van der Waals surface area contributed by atoms with Crippen LogP contribution in [0.2, 0.25) is 0 Å². The van der Waals surface area contributed by atoms with E-state index >= 15 is 0 Å². The molecule has 1 heteroatoms. The lowest BCUT2D eigenvalue weighted by Gasteiger charge is -2.20. The van der Waals surface area contributed by atoms with Crippen molar-refractivity contribution in [1.82, 2.24) is 0 Å². The fraction of sp³-hybridized carbons (Fsp3) is 0.444. The first-order valence-electron chi connectivity index (χ1n) is 3.44. The van der Waals surface area contributed by atoms with Gasteiger partial charge in [-0.1, -0.05) is 17.7 Å². The van der Waals surface area contributed by atoms with Gasteiger partial charge in [0.2, 0.25) is 0 Å². The Morgan fingerprint density at radius 3 is 2.30 bits per heavy atom. The Morgan fingerprint density at radius 1 is 1.30 bits per heavy atom. The number of ketones is 1. The summed E-state index contributed by atoms with van der Waals surface area (Å²) < 4.78 is 0. The van der Waals surface area contributed by atoms with Gasteiger partial charge in [-0.3, -0.25) is 4.79 Å². The number of hydrogen-bond acceptors (Lipinski definition) is 1. The van der Waals surface area contributed by atoms with Crippen molar-refractivity contribution in [3.05, 3.63) is 23.8 Å². The molecule has 1 aliphatic rings. The van der Waals surface area contributed by atoms with Crippen LogP contribution in [0.1, 0.15) is 20.8 Å². The smallest absolute Gasteiger partial charge is 0.165 e. The molecule has 54 valence electrons. The Bertz CT molecular complexity index is 219. The molecule has 0 heterocycles. The molecule has 0 amide bonds. The second-order valence-corrected chi connectivity index (χ2v) is 3.31. The van der Waals surface area contributed by atoms with Crippen molar-refractivity contribution in [2.24, 2.45) is 5.41 Å². The van der Waals surface area contributed by atoms with Gasteiger partial charge in [-0.2, -0.15) is 0 Å². The highest BCUT2D eigenvalue weighted by Crippen LogP contribution is 2.25. The summed E-state index contributed by atoms with van der Waals surface area (Å²) in [5.74, 6) is 0.193. The normalized spacial score (nSPS) is 22.7. The maximum absolute atomic E-state index is 11.1. The van der Waals surface area contributed by atoms with Crippen LogP contribution in [-0.4, -0.2) is 5.78 Å². The van der Waals surface area contributed by atoms with Gasteiger partial charge in [0.1, 0.15) is 0 Å². The summed E-state index contributed by atoms with van der Waals surface area (Å²) in [5.41, 5.74) is 0.892. The Balaban J connectivity index is 2.99. The van der Waals surface area contributed by atoms with Crippen LogP contribution >= 0.6 is 0 Å². The number of allylic oxidation sites excluding steroid dienone is 4. The Morgan fingerprint density at radius 2 is 1.90 bits per heavy atom. The molecule has 10 heavy (non-hydrogen) atoms. The first-order chi connectivity index (χ1) is 4.52. The number of carbonyl (C=O) groups is 1. The van der Waals surface area contributed by atoms with Crippen LogP contribution < -0.4 is 0 Å². The van der Waals surface area contributed by atoms with E-state index in [1.807, 2.05) is 32.9 Å². The SMILES string of the molecule is CC1=CC(C)(C)C(=O)C=C1. The van der Waals surface area contributed by atoms with Crippen molar-refractivity contribution in [2.45, 2.75) is 20.8 Å². The first-order valence-corrected chi connectivity index (χ1v) is 3.44. The lowest BCUT2D eigenvalue weighted by atomic mass is 9.83. The van der Waals surface area contributed by atoms with Crippen LogP contribution in [0.5, 0.6) is 0 Å². The number of hydrogen-bond donors (Lipinski definition) is 0. The van der Waals surface area contributed by atoms with Crippen LogP contribution in [0.15, 0.2) is 23.8 Å². The molecule has 0 aliphatic heterocycles. The third-order valence-corrected chi connectivity index (χ3v) is 1.72. The van der Waals surface area contributed by atoms with E-state index in [9.17, 15) is 4.79 Å². The number of rotatable bonds is 0. The quantitative estimate of drug-likeness (QED) is 0.498. The van der Waals surface area contributed by atoms with Gasteiger partial charge < -0.3 is 0 Å². The zero-order valence-corrected chi connectivity index (χ0v) is 6.64. The fourth-order valence-electron chi connectivity index (χ4n) is 1.11. The molecule has 0 aromatic carbocycles. The minimum Gasteiger partial charge on any atom is -0.294 e. The molecular formula is C9H12O. The molecule has 0 aromatic heterocycles. The minimum absolute atomic E-state index is 0.193. The maximum Gasteiger partial charge on any atom is 0.165 e. The standard InChI is InChI=1S/C9H12O/c1-7-4-5-8(10)9(2,3)6-7/h4-6H,1-3H3. The van der Waals surface area contributed by atoms with E-state index in [0.717, 1.165) is 0 Å². The zero-order chi connectivity index (χ0) is 7.78. The van der Waals surface area contributed by atoms with Crippen LogP contribution in [0.3, 0.4) is 0 Å². The van der Waals surface area contributed by atoms with Gasteiger partial charge in [-0.25, -0.2) is 0 Å². The minimum atomic E-state index is -0.279. The third kappa shape index (κ3) is 1.18. The van der Waals surface area contributed by atoms with Gasteiger partial charge in [-0.15, -0.1) is 0 Å². The molecule has 1 rings (SSSR count). The second kappa shape index (κ2) is 2.08. The lowest BCUT2D eigenvalue weighted by Crippen LogP contribution is -2.21. The average Bonchev–Trinajstić information content (AvgIpc) is 1.78. The molecule has 0 unspecified atom stereocenters. The van der Waals surface area contributed by atoms with Crippen molar-refractivity contribution < 1.29 is 4.79 Å². The monoisotopic (exact) mass is 136 g/mol. The van der Waals surface area contributed by atoms with E-state index in [0.29, 0.717) is 0 Å². The van der Waals surface area contributed by atoms with Crippen LogP contribution in [0.4, 0.5) is 0 Å². The highest BCUT2D eigenvalue weighted by Gasteiger charge is 2.24. The molecule has 0 radical (unpaired) electrons. The fourth-order valence-corrected chi connectivity index (χ4v) is 1.11. The molecule has 0 saturated carbocycles. The Labute approximate surface area is 61.4 Å². The predicted octanol–water partition coefficient (Wildman–Crippen LogP) is 2.10. The van der Waals surface area contributed by atoms with E-state index in [2.05, 4.69) is 0 Å². The summed E-state index contributed by atoms with van der Waals surface area (Å²) in [5, 5.41) is 0. The van der Waals surface area contributed by atoms with Crippen LogP contribution in [0, 0.1) is 5.41 Å².